The number of carbonyl (C=O) groups excluding carboxylic acids is 2. The molecule has 3 aromatic rings. The molecule has 0 fully saturated rings. The molecular formula is C19H17FN4O4. The fraction of sp³-hybridized carbons (Fsp3) is 0.158. The van der Waals surface area contributed by atoms with Crippen LogP contribution in [-0.4, -0.2) is 47.1 Å². The Labute approximate surface area is 159 Å². The average Bonchev–Trinajstić information content (AvgIpc) is 3.23. The molecule has 8 nitrogen and oxygen atoms in total. The number of aromatic nitrogens is 2. The molecule has 0 aliphatic heterocycles. The zero-order valence-electron chi connectivity index (χ0n) is 15.0. The first-order valence-electron chi connectivity index (χ1n) is 8.30. The minimum atomic E-state index is -0.397. The van der Waals surface area contributed by atoms with E-state index >= 15 is 0 Å². The van der Waals surface area contributed by atoms with Gasteiger partial charge in [0.05, 0.1) is 6.54 Å². The molecule has 1 aromatic heterocycles. The van der Waals surface area contributed by atoms with Crippen LogP contribution in [0.5, 0.6) is 5.75 Å². The molecule has 0 bridgehead atoms. The molecule has 0 saturated heterocycles. The van der Waals surface area contributed by atoms with Crippen LogP contribution in [0.15, 0.2) is 59.3 Å². The van der Waals surface area contributed by atoms with Gasteiger partial charge in [0.25, 0.3) is 5.91 Å². The summed E-state index contributed by atoms with van der Waals surface area (Å²) in [5.74, 6) is -0.288. The van der Waals surface area contributed by atoms with Crippen molar-refractivity contribution in [1.82, 2.24) is 15.1 Å². The van der Waals surface area contributed by atoms with Gasteiger partial charge in [0.15, 0.2) is 6.61 Å². The number of ether oxygens (including phenoxy) is 1. The second-order valence-corrected chi connectivity index (χ2v) is 5.86. The van der Waals surface area contributed by atoms with E-state index in [-0.39, 0.29) is 19.1 Å². The van der Waals surface area contributed by atoms with Gasteiger partial charge in [-0.2, -0.15) is 0 Å². The van der Waals surface area contributed by atoms with E-state index in [1.807, 2.05) is 0 Å². The number of halogens is 1. The molecular weight excluding hydrogens is 367 g/mol. The third-order valence-electron chi connectivity index (χ3n) is 3.76. The Morgan fingerprint density at radius 3 is 2.50 bits per heavy atom. The zero-order valence-corrected chi connectivity index (χ0v) is 15.0. The van der Waals surface area contributed by atoms with Crippen LogP contribution in [0.3, 0.4) is 0 Å². The molecule has 0 aliphatic carbocycles. The fourth-order valence-corrected chi connectivity index (χ4v) is 2.29. The van der Waals surface area contributed by atoms with Gasteiger partial charge in [0.2, 0.25) is 18.2 Å². The molecule has 3 rings (SSSR count). The number of likely N-dealkylation sites (N-methyl/N-ethyl adjacent to an activating group) is 1. The Hall–Kier alpha value is -3.75. The lowest BCUT2D eigenvalue weighted by molar-refractivity contribution is -0.135. The Bertz CT molecular complexity index is 928. The highest BCUT2D eigenvalue weighted by molar-refractivity contribution is 5.94. The number of rotatable bonds is 7. The number of nitrogens with one attached hydrogen (secondary N) is 1. The zero-order chi connectivity index (χ0) is 19.9. The summed E-state index contributed by atoms with van der Waals surface area (Å²) in [6.07, 6.45) is 1.24. The maximum atomic E-state index is 12.9. The lowest BCUT2D eigenvalue weighted by Gasteiger charge is -2.17. The van der Waals surface area contributed by atoms with Crippen molar-refractivity contribution in [3.05, 3.63) is 60.7 Å². The van der Waals surface area contributed by atoms with Gasteiger partial charge < -0.3 is 19.4 Å². The number of hydrogen-bond donors (Lipinski definition) is 1. The van der Waals surface area contributed by atoms with Crippen LogP contribution in [0.25, 0.3) is 11.5 Å². The van der Waals surface area contributed by atoms with Gasteiger partial charge in [0, 0.05) is 18.3 Å². The number of carbonyl (C=O) groups is 2. The van der Waals surface area contributed by atoms with Crippen molar-refractivity contribution in [3.63, 3.8) is 0 Å². The quantitative estimate of drug-likeness (QED) is 0.672. The molecule has 0 aliphatic rings. The first kappa shape index (κ1) is 19.0. The highest BCUT2D eigenvalue weighted by Gasteiger charge is 2.14. The summed E-state index contributed by atoms with van der Waals surface area (Å²) in [5.41, 5.74) is 1.18. The van der Waals surface area contributed by atoms with Gasteiger partial charge in [-0.3, -0.25) is 9.59 Å². The van der Waals surface area contributed by atoms with Gasteiger partial charge in [-0.15, -0.1) is 10.2 Å². The van der Waals surface area contributed by atoms with E-state index in [1.165, 1.54) is 42.6 Å². The first-order valence-corrected chi connectivity index (χ1v) is 8.30. The summed E-state index contributed by atoms with van der Waals surface area (Å²) >= 11 is 0. The summed E-state index contributed by atoms with van der Waals surface area (Å²) < 4.78 is 23.4. The van der Waals surface area contributed by atoms with Crippen molar-refractivity contribution in [2.75, 3.05) is 25.5 Å². The van der Waals surface area contributed by atoms with E-state index in [9.17, 15) is 14.0 Å². The minimum Gasteiger partial charge on any atom is -0.484 e. The van der Waals surface area contributed by atoms with Crippen LogP contribution in [0.2, 0.25) is 0 Å². The van der Waals surface area contributed by atoms with Gasteiger partial charge in [0.1, 0.15) is 11.6 Å². The van der Waals surface area contributed by atoms with Crippen molar-refractivity contribution in [2.45, 2.75) is 0 Å². The van der Waals surface area contributed by atoms with E-state index in [2.05, 4.69) is 15.5 Å². The summed E-state index contributed by atoms with van der Waals surface area (Å²) in [6, 6.07) is 12.2. The fourth-order valence-electron chi connectivity index (χ4n) is 2.29. The lowest BCUT2D eigenvalue weighted by Crippen LogP contribution is -2.37. The Balaban J connectivity index is 1.46. The van der Waals surface area contributed by atoms with Crippen LogP contribution < -0.4 is 10.1 Å². The molecule has 2 amide bonds. The lowest BCUT2D eigenvalue weighted by atomic mass is 10.2. The van der Waals surface area contributed by atoms with E-state index in [1.54, 1.807) is 24.3 Å². The molecule has 1 N–H and O–H groups in total. The molecule has 28 heavy (non-hydrogen) atoms. The molecule has 1 heterocycles. The summed E-state index contributed by atoms with van der Waals surface area (Å²) in [5, 5.41) is 9.99. The van der Waals surface area contributed by atoms with Crippen LogP contribution in [-0.2, 0) is 9.59 Å². The van der Waals surface area contributed by atoms with Gasteiger partial charge in [-0.25, -0.2) is 4.39 Å². The highest BCUT2D eigenvalue weighted by atomic mass is 19.1. The van der Waals surface area contributed by atoms with Gasteiger partial charge >= 0.3 is 0 Å². The number of benzene rings is 2. The first-order chi connectivity index (χ1) is 13.5. The molecule has 0 radical (unpaired) electrons. The van der Waals surface area contributed by atoms with Crippen LogP contribution in [0.4, 0.5) is 10.1 Å². The summed E-state index contributed by atoms with van der Waals surface area (Å²) in [6.45, 7) is -0.379. The van der Waals surface area contributed by atoms with Crippen molar-refractivity contribution in [3.8, 4) is 17.2 Å². The third kappa shape index (κ3) is 5.13. The number of nitrogens with zero attached hydrogens (tertiary/aromatic N) is 3. The molecule has 144 valence electrons. The molecule has 9 heteroatoms. The maximum Gasteiger partial charge on any atom is 0.260 e. The monoisotopic (exact) mass is 384 g/mol. The maximum absolute atomic E-state index is 12.9. The second-order valence-electron chi connectivity index (χ2n) is 5.86. The van der Waals surface area contributed by atoms with Crippen molar-refractivity contribution >= 4 is 17.5 Å². The average molecular weight is 384 g/mol. The summed E-state index contributed by atoms with van der Waals surface area (Å²) in [4.78, 5) is 25.4. The largest absolute Gasteiger partial charge is 0.484 e. The van der Waals surface area contributed by atoms with E-state index in [0.717, 1.165) is 5.56 Å². The van der Waals surface area contributed by atoms with Gasteiger partial charge in [-0.05, 0) is 48.5 Å². The van der Waals surface area contributed by atoms with Crippen molar-refractivity contribution < 1.29 is 23.1 Å². The molecule has 0 spiro atoms. The minimum absolute atomic E-state index is 0.157. The number of hydrogen-bond acceptors (Lipinski definition) is 6. The van der Waals surface area contributed by atoms with E-state index in [0.29, 0.717) is 17.3 Å². The standard InChI is InChI=1S/C19H17FN4O4/c1-24(10-17(25)22-15-6-4-14(20)5-7-15)18(26)11-27-16-8-2-13(3-9-16)19-23-21-12-28-19/h2-9,12H,10-11H2,1H3,(H,22,25). The second kappa shape index (κ2) is 8.76. The Morgan fingerprint density at radius 1 is 1.14 bits per heavy atom. The van der Waals surface area contributed by atoms with E-state index in [4.69, 9.17) is 9.15 Å². The topological polar surface area (TPSA) is 97.6 Å². The van der Waals surface area contributed by atoms with E-state index < -0.39 is 11.7 Å². The molecule has 2 aromatic carbocycles. The normalized spacial score (nSPS) is 10.4. The van der Waals surface area contributed by atoms with Crippen LogP contribution in [0.1, 0.15) is 0 Å². The van der Waals surface area contributed by atoms with Crippen LogP contribution >= 0.6 is 0 Å². The third-order valence-corrected chi connectivity index (χ3v) is 3.76. The number of anilines is 1. The number of amides is 2. The predicted molar refractivity (Wildman–Crippen MR) is 97.9 cm³/mol. The summed E-state index contributed by atoms with van der Waals surface area (Å²) in [7, 11) is 1.49. The van der Waals surface area contributed by atoms with Crippen molar-refractivity contribution in [1.29, 1.82) is 0 Å². The SMILES string of the molecule is CN(CC(=O)Nc1ccc(F)cc1)C(=O)COc1ccc(-c2nnco2)cc1. The van der Waals surface area contributed by atoms with Crippen molar-refractivity contribution in [2.24, 2.45) is 0 Å². The Kier molecular flexibility index (Phi) is 5.95. The Morgan fingerprint density at radius 2 is 1.86 bits per heavy atom. The van der Waals surface area contributed by atoms with Gasteiger partial charge in [-0.1, -0.05) is 0 Å². The highest BCUT2D eigenvalue weighted by Crippen LogP contribution is 2.20. The van der Waals surface area contributed by atoms with Crippen LogP contribution in [0, 0.1) is 5.82 Å². The molecule has 0 atom stereocenters. The molecule has 0 unspecified atom stereocenters. The molecule has 0 saturated carbocycles. The predicted octanol–water partition coefficient (Wildman–Crippen LogP) is 2.35. The smallest absolute Gasteiger partial charge is 0.260 e.